The van der Waals surface area contributed by atoms with Crippen LogP contribution >= 0.6 is 0 Å². The average molecular weight is 723 g/mol. The topological polar surface area (TPSA) is 15.7 Å². The summed E-state index contributed by atoms with van der Waals surface area (Å²) in [5.41, 5.74) is 17.1. The van der Waals surface area contributed by atoms with Crippen molar-refractivity contribution in [3.63, 3.8) is 0 Å². The van der Waals surface area contributed by atoms with E-state index < -0.39 is 0 Å². The lowest BCUT2D eigenvalue weighted by atomic mass is 9.81. The second-order valence-electron chi connectivity index (χ2n) is 15.4. The molecule has 1 aliphatic carbocycles. The standard InChI is InChI=1S/C53H42N2O/c1-5-6-20-47-35(2)56-52-25-12-11-23-51(52)55(47)50-24-14-18-41-37(17-13-19-44(41)50)28-26-36-27-30-42-43-31-29-40(34-46(43)53(3,4)45(42)32-36)54-48-21-9-7-15-38(48)33-39-16-8-10-22-49(39)54/h5-32,34H,1,33H2,2-4H3. The van der Waals surface area contributed by atoms with Crippen LogP contribution in [0.5, 0.6) is 5.75 Å². The number of fused-ring (bicyclic) bond motifs is 7. The molecular weight excluding hydrogens is 681 g/mol. The number of para-hydroxylation sites is 4. The van der Waals surface area contributed by atoms with Crippen LogP contribution in [0.25, 0.3) is 34.1 Å². The Morgan fingerprint density at radius 1 is 0.589 bits per heavy atom. The van der Waals surface area contributed by atoms with Crippen molar-refractivity contribution in [2.75, 3.05) is 9.80 Å². The van der Waals surface area contributed by atoms with Gasteiger partial charge in [0, 0.05) is 34.3 Å². The van der Waals surface area contributed by atoms with E-state index in [0.717, 1.165) is 35.0 Å². The summed E-state index contributed by atoms with van der Waals surface area (Å²) in [4.78, 5) is 4.75. The van der Waals surface area contributed by atoms with E-state index in [-0.39, 0.29) is 5.41 Å². The van der Waals surface area contributed by atoms with Crippen molar-refractivity contribution >= 4 is 51.4 Å². The summed E-state index contributed by atoms with van der Waals surface area (Å²) >= 11 is 0. The molecule has 3 heteroatoms. The Labute approximate surface area is 329 Å². The van der Waals surface area contributed by atoms with E-state index in [1.807, 2.05) is 25.1 Å². The number of benzene rings is 7. The normalized spacial score (nSPS) is 15.1. The van der Waals surface area contributed by atoms with Crippen molar-refractivity contribution in [2.24, 2.45) is 0 Å². The molecule has 0 bridgehead atoms. The lowest BCUT2D eigenvalue weighted by Crippen LogP contribution is -2.23. The van der Waals surface area contributed by atoms with Gasteiger partial charge in [0.05, 0.1) is 17.1 Å². The molecular formula is C53H42N2O. The number of nitrogens with zero attached hydrogens (tertiary/aromatic N) is 2. The van der Waals surface area contributed by atoms with Gasteiger partial charge in [-0.3, -0.25) is 0 Å². The SMILES string of the molecule is C=CC=CC1=C(C)Oc2ccccc2N1c1cccc2c(C=Cc3ccc4c(c3)C(C)(C)c3cc(N5c6ccccc6Cc6ccccc65)ccc3-4)cccc12. The van der Waals surface area contributed by atoms with Gasteiger partial charge >= 0.3 is 0 Å². The van der Waals surface area contributed by atoms with E-state index in [1.165, 1.54) is 72.3 Å². The van der Waals surface area contributed by atoms with Gasteiger partial charge in [0.25, 0.3) is 0 Å². The molecule has 56 heavy (non-hydrogen) atoms. The summed E-state index contributed by atoms with van der Waals surface area (Å²) in [6.07, 6.45) is 11.3. The molecule has 7 aromatic rings. The average Bonchev–Trinajstić information content (AvgIpc) is 3.45. The molecule has 0 amide bonds. The lowest BCUT2D eigenvalue weighted by Gasteiger charge is -2.34. The van der Waals surface area contributed by atoms with Crippen LogP contribution in [-0.4, -0.2) is 0 Å². The minimum absolute atomic E-state index is 0.161. The first-order chi connectivity index (χ1) is 27.4. The summed E-state index contributed by atoms with van der Waals surface area (Å²) in [5.74, 6) is 1.68. The molecule has 0 saturated heterocycles. The summed E-state index contributed by atoms with van der Waals surface area (Å²) < 4.78 is 6.28. The van der Waals surface area contributed by atoms with Gasteiger partial charge in [-0.2, -0.15) is 0 Å². The van der Waals surface area contributed by atoms with Gasteiger partial charge in [0.1, 0.15) is 5.76 Å². The van der Waals surface area contributed by atoms with Gasteiger partial charge in [0.15, 0.2) is 5.75 Å². The van der Waals surface area contributed by atoms with E-state index in [0.29, 0.717) is 0 Å². The van der Waals surface area contributed by atoms with E-state index in [9.17, 15) is 0 Å². The maximum absolute atomic E-state index is 6.28. The van der Waals surface area contributed by atoms with Gasteiger partial charge in [-0.25, -0.2) is 0 Å². The van der Waals surface area contributed by atoms with Crippen LogP contribution in [0.1, 0.15) is 54.2 Å². The molecule has 3 nitrogen and oxygen atoms in total. The quantitative estimate of drug-likeness (QED) is 0.126. The fraction of sp³-hybridized carbons (Fsp3) is 0.0943. The molecule has 10 rings (SSSR count). The molecule has 270 valence electrons. The third kappa shape index (κ3) is 5.34. The molecule has 0 fully saturated rings. The van der Waals surface area contributed by atoms with Gasteiger partial charge < -0.3 is 14.5 Å². The molecule has 0 saturated carbocycles. The number of hydrogen-bond donors (Lipinski definition) is 0. The molecule has 2 heterocycles. The van der Waals surface area contributed by atoms with Gasteiger partial charge in [-0.15, -0.1) is 0 Å². The van der Waals surface area contributed by atoms with Crippen LogP contribution in [0.3, 0.4) is 0 Å². The van der Waals surface area contributed by atoms with Crippen LogP contribution in [-0.2, 0) is 11.8 Å². The zero-order valence-electron chi connectivity index (χ0n) is 32.0. The van der Waals surface area contributed by atoms with Crippen LogP contribution < -0.4 is 14.5 Å². The van der Waals surface area contributed by atoms with Crippen LogP contribution in [0.2, 0.25) is 0 Å². The minimum Gasteiger partial charge on any atom is -0.458 e. The first kappa shape index (κ1) is 33.7. The molecule has 0 N–H and O–H groups in total. The van der Waals surface area contributed by atoms with E-state index >= 15 is 0 Å². The molecule has 0 unspecified atom stereocenters. The molecule has 7 aromatic carbocycles. The minimum atomic E-state index is -0.161. The van der Waals surface area contributed by atoms with Crippen molar-refractivity contribution in [3.05, 3.63) is 215 Å². The third-order valence-electron chi connectivity index (χ3n) is 11.8. The van der Waals surface area contributed by atoms with E-state index in [4.69, 9.17) is 4.74 Å². The first-order valence-corrected chi connectivity index (χ1v) is 19.4. The Morgan fingerprint density at radius 2 is 1.23 bits per heavy atom. The Hall–Kier alpha value is -6.84. The molecule has 0 aromatic heterocycles. The fourth-order valence-corrected chi connectivity index (χ4v) is 9.04. The second kappa shape index (κ2) is 13.2. The van der Waals surface area contributed by atoms with Crippen molar-refractivity contribution in [2.45, 2.75) is 32.6 Å². The second-order valence-corrected chi connectivity index (χ2v) is 15.4. The molecule has 0 atom stereocenters. The van der Waals surface area contributed by atoms with Crippen LogP contribution in [0.15, 0.2) is 182 Å². The number of rotatable bonds is 6. The van der Waals surface area contributed by atoms with Gasteiger partial charge in [-0.1, -0.05) is 148 Å². The smallest absolute Gasteiger partial charge is 0.151 e. The van der Waals surface area contributed by atoms with Gasteiger partial charge in [-0.05, 0) is 105 Å². The highest BCUT2D eigenvalue weighted by Crippen LogP contribution is 2.52. The highest BCUT2D eigenvalue weighted by Gasteiger charge is 2.37. The zero-order valence-corrected chi connectivity index (χ0v) is 32.0. The van der Waals surface area contributed by atoms with Crippen LogP contribution in [0, 0.1) is 0 Å². The number of hydrogen-bond acceptors (Lipinski definition) is 3. The van der Waals surface area contributed by atoms with E-state index in [1.54, 1.807) is 6.08 Å². The maximum atomic E-state index is 6.28. The molecule has 3 aliphatic rings. The Morgan fingerprint density at radius 3 is 2.00 bits per heavy atom. The Bertz CT molecular complexity index is 2790. The summed E-state index contributed by atoms with van der Waals surface area (Å²) in [6.45, 7) is 10.7. The van der Waals surface area contributed by atoms with Gasteiger partial charge in [0.2, 0.25) is 0 Å². The highest BCUT2D eigenvalue weighted by molar-refractivity contribution is 6.03. The highest BCUT2D eigenvalue weighted by atomic mass is 16.5. The Kier molecular flexibility index (Phi) is 7.93. The number of ether oxygens (including phenoxy) is 1. The van der Waals surface area contributed by atoms with Crippen molar-refractivity contribution in [1.82, 2.24) is 0 Å². The van der Waals surface area contributed by atoms with Crippen molar-refractivity contribution in [3.8, 4) is 16.9 Å². The third-order valence-corrected chi connectivity index (χ3v) is 11.8. The van der Waals surface area contributed by atoms with Crippen molar-refractivity contribution in [1.29, 1.82) is 0 Å². The number of allylic oxidation sites excluding steroid dienone is 4. The molecule has 0 radical (unpaired) electrons. The molecule has 0 spiro atoms. The summed E-state index contributed by atoms with van der Waals surface area (Å²) in [6, 6.07) is 53.1. The summed E-state index contributed by atoms with van der Waals surface area (Å²) in [7, 11) is 0. The van der Waals surface area contributed by atoms with E-state index in [2.05, 4.69) is 182 Å². The fourth-order valence-electron chi connectivity index (χ4n) is 9.04. The molecule has 2 aliphatic heterocycles. The number of anilines is 5. The van der Waals surface area contributed by atoms with Crippen LogP contribution in [0.4, 0.5) is 28.4 Å². The lowest BCUT2D eigenvalue weighted by molar-refractivity contribution is 0.414. The largest absolute Gasteiger partial charge is 0.458 e. The Balaban J connectivity index is 1.00. The first-order valence-electron chi connectivity index (χ1n) is 19.4. The summed E-state index contributed by atoms with van der Waals surface area (Å²) in [5, 5.41) is 2.36. The predicted octanol–water partition coefficient (Wildman–Crippen LogP) is 14.2. The van der Waals surface area contributed by atoms with Crippen molar-refractivity contribution < 1.29 is 4.74 Å². The maximum Gasteiger partial charge on any atom is 0.151 e. The zero-order chi connectivity index (χ0) is 38.0. The monoisotopic (exact) mass is 722 g/mol. The predicted molar refractivity (Wildman–Crippen MR) is 236 cm³/mol.